The third-order valence-corrected chi connectivity index (χ3v) is 4.84. The fraction of sp³-hybridized carbons (Fsp3) is 0.600. The van der Waals surface area contributed by atoms with E-state index in [1.807, 2.05) is 24.3 Å². The molecule has 2 rings (SSSR count). The van der Waals surface area contributed by atoms with Crippen LogP contribution in [-0.2, 0) is 6.42 Å². The summed E-state index contributed by atoms with van der Waals surface area (Å²) >= 11 is 0. The number of methoxy groups -OCH3 is 1. The molecule has 0 aromatic heterocycles. The second-order valence-corrected chi connectivity index (χ2v) is 6.77. The number of aliphatic hydroxyl groups excluding tert-OH is 1. The molecule has 24 heavy (non-hydrogen) atoms. The van der Waals surface area contributed by atoms with Crippen molar-refractivity contribution in [3.05, 3.63) is 36.4 Å². The number of nitrogens with zero attached hydrogens (tertiary/aromatic N) is 1. The van der Waals surface area contributed by atoms with Crippen LogP contribution in [0.25, 0.3) is 0 Å². The second-order valence-electron chi connectivity index (χ2n) is 6.77. The highest BCUT2D eigenvalue weighted by Gasteiger charge is 2.26. The Hall–Kier alpha value is -1.52. The van der Waals surface area contributed by atoms with Crippen molar-refractivity contribution in [1.29, 1.82) is 0 Å². The molecule has 0 spiro atoms. The van der Waals surface area contributed by atoms with E-state index in [2.05, 4.69) is 25.3 Å². The molecule has 1 saturated heterocycles. The first-order valence-electron chi connectivity index (χ1n) is 8.89. The number of hydrogen-bond acceptors (Lipinski definition) is 4. The molecule has 4 nitrogen and oxygen atoms in total. The first kappa shape index (κ1) is 18.8. The summed E-state index contributed by atoms with van der Waals surface area (Å²) in [5, 5.41) is 10.4. The summed E-state index contributed by atoms with van der Waals surface area (Å²) in [4.78, 5) is 2.39. The Bertz CT molecular complexity index is 522. The van der Waals surface area contributed by atoms with Crippen LogP contribution in [-0.4, -0.2) is 48.5 Å². The van der Waals surface area contributed by atoms with Crippen LogP contribution in [0.2, 0.25) is 0 Å². The summed E-state index contributed by atoms with van der Waals surface area (Å²) in [7, 11) is 1.63. The number of allylic oxidation sites excluding steroid dienone is 1. The Morgan fingerprint density at radius 3 is 2.62 bits per heavy atom. The Labute approximate surface area is 146 Å². The van der Waals surface area contributed by atoms with Gasteiger partial charge in [-0.2, -0.15) is 0 Å². The molecule has 1 aliphatic heterocycles. The minimum Gasteiger partial charge on any atom is -0.493 e. The van der Waals surface area contributed by atoms with Crippen molar-refractivity contribution in [3.8, 4) is 11.5 Å². The molecule has 1 fully saturated rings. The Morgan fingerprint density at radius 2 is 2.00 bits per heavy atom. The van der Waals surface area contributed by atoms with E-state index in [0.717, 1.165) is 12.0 Å². The maximum atomic E-state index is 10.4. The predicted octanol–water partition coefficient (Wildman–Crippen LogP) is 3.43. The van der Waals surface area contributed by atoms with Crippen LogP contribution in [0.15, 0.2) is 30.9 Å². The molecule has 1 aromatic carbocycles. The number of benzene rings is 1. The SMILES string of the molecule is C=CCc1ccc(OC[C@H](O)CN2[C@H](C)CCC[C@H]2C)c(OC)c1. The zero-order valence-corrected chi connectivity index (χ0v) is 15.2. The molecule has 0 aliphatic carbocycles. The Balaban J connectivity index is 1.91. The third kappa shape index (κ3) is 4.99. The standard InChI is InChI=1S/C20H31NO3/c1-5-7-17-10-11-19(20(12-17)23-4)24-14-18(22)13-21-15(2)8-6-9-16(21)3/h5,10-12,15-16,18,22H,1,6-9,13-14H2,2-4H3/t15-,16-,18-/m1/s1. The van der Waals surface area contributed by atoms with Crippen molar-refractivity contribution in [2.24, 2.45) is 0 Å². The van der Waals surface area contributed by atoms with Gasteiger partial charge in [-0.15, -0.1) is 6.58 Å². The van der Waals surface area contributed by atoms with E-state index in [4.69, 9.17) is 9.47 Å². The summed E-state index contributed by atoms with van der Waals surface area (Å²) in [6.07, 6.45) is 5.84. The van der Waals surface area contributed by atoms with Gasteiger partial charge in [0.1, 0.15) is 12.7 Å². The van der Waals surface area contributed by atoms with Crippen LogP contribution in [0.1, 0.15) is 38.7 Å². The predicted molar refractivity (Wildman–Crippen MR) is 97.9 cm³/mol. The fourth-order valence-electron chi connectivity index (χ4n) is 3.44. The number of β-amino-alcohol motifs (C(OH)–C–C–N with tert-alkyl or cyclic N) is 1. The van der Waals surface area contributed by atoms with Gasteiger partial charge in [0.05, 0.1) is 7.11 Å². The van der Waals surface area contributed by atoms with E-state index in [1.54, 1.807) is 7.11 Å². The van der Waals surface area contributed by atoms with E-state index in [9.17, 15) is 5.11 Å². The molecule has 1 aromatic rings. The lowest BCUT2D eigenvalue weighted by atomic mass is 9.97. The van der Waals surface area contributed by atoms with Crippen molar-refractivity contribution in [2.75, 3.05) is 20.3 Å². The normalized spacial score (nSPS) is 22.8. The lowest BCUT2D eigenvalue weighted by molar-refractivity contribution is 0.0204. The average molecular weight is 333 g/mol. The maximum Gasteiger partial charge on any atom is 0.161 e. The van der Waals surface area contributed by atoms with E-state index >= 15 is 0 Å². The lowest BCUT2D eigenvalue weighted by Crippen LogP contribution is -2.48. The van der Waals surface area contributed by atoms with Crippen molar-refractivity contribution >= 4 is 0 Å². The van der Waals surface area contributed by atoms with Crippen LogP contribution in [0.4, 0.5) is 0 Å². The number of likely N-dealkylation sites (tertiary alicyclic amines) is 1. The zero-order valence-electron chi connectivity index (χ0n) is 15.2. The Kier molecular flexibility index (Phi) is 7.13. The van der Waals surface area contributed by atoms with Crippen LogP contribution >= 0.6 is 0 Å². The van der Waals surface area contributed by atoms with Gasteiger partial charge in [0.15, 0.2) is 11.5 Å². The maximum absolute atomic E-state index is 10.4. The number of hydrogen-bond donors (Lipinski definition) is 1. The molecule has 1 aliphatic rings. The van der Waals surface area contributed by atoms with E-state index < -0.39 is 6.10 Å². The summed E-state index contributed by atoms with van der Waals surface area (Å²) in [5.74, 6) is 1.37. The largest absolute Gasteiger partial charge is 0.493 e. The quantitative estimate of drug-likeness (QED) is 0.740. The van der Waals surface area contributed by atoms with Gasteiger partial charge < -0.3 is 14.6 Å². The van der Waals surface area contributed by atoms with Crippen LogP contribution in [0.3, 0.4) is 0 Å². The molecular formula is C20H31NO3. The zero-order chi connectivity index (χ0) is 17.5. The number of aliphatic hydroxyl groups is 1. The van der Waals surface area contributed by atoms with Crippen molar-refractivity contribution in [2.45, 2.75) is 57.7 Å². The summed E-state index contributed by atoms with van der Waals surface area (Å²) in [6, 6.07) is 6.90. The molecule has 0 saturated carbocycles. The van der Waals surface area contributed by atoms with E-state index in [1.165, 1.54) is 19.3 Å². The van der Waals surface area contributed by atoms with Crippen molar-refractivity contribution in [3.63, 3.8) is 0 Å². The highest BCUT2D eigenvalue weighted by atomic mass is 16.5. The molecule has 0 bridgehead atoms. The van der Waals surface area contributed by atoms with Crippen LogP contribution in [0, 0.1) is 0 Å². The number of piperidine rings is 1. The first-order valence-corrected chi connectivity index (χ1v) is 8.89. The molecule has 4 heteroatoms. The smallest absolute Gasteiger partial charge is 0.161 e. The van der Waals surface area contributed by atoms with Gasteiger partial charge in [-0.3, -0.25) is 4.90 Å². The van der Waals surface area contributed by atoms with Crippen molar-refractivity contribution in [1.82, 2.24) is 4.90 Å². The molecule has 3 atom stereocenters. The number of ether oxygens (including phenoxy) is 2. The van der Waals surface area contributed by atoms with Crippen molar-refractivity contribution < 1.29 is 14.6 Å². The monoisotopic (exact) mass is 333 g/mol. The van der Waals surface area contributed by atoms with Gasteiger partial charge in [-0.25, -0.2) is 0 Å². The van der Waals surface area contributed by atoms with Gasteiger partial charge in [-0.05, 0) is 50.8 Å². The first-order chi connectivity index (χ1) is 11.5. The highest BCUT2D eigenvalue weighted by molar-refractivity contribution is 5.43. The second kappa shape index (κ2) is 9.09. The van der Waals surface area contributed by atoms with Crippen LogP contribution in [0.5, 0.6) is 11.5 Å². The topological polar surface area (TPSA) is 41.9 Å². The molecular weight excluding hydrogens is 302 g/mol. The van der Waals surface area contributed by atoms with Gasteiger partial charge >= 0.3 is 0 Å². The average Bonchev–Trinajstić information content (AvgIpc) is 2.57. The highest BCUT2D eigenvalue weighted by Crippen LogP contribution is 2.29. The molecule has 0 unspecified atom stereocenters. The van der Waals surface area contributed by atoms with Crippen LogP contribution < -0.4 is 9.47 Å². The lowest BCUT2D eigenvalue weighted by Gasteiger charge is -2.40. The summed E-state index contributed by atoms with van der Waals surface area (Å²) in [6.45, 7) is 9.16. The third-order valence-electron chi connectivity index (χ3n) is 4.84. The minimum atomic E-state index is -0.509. The molecule has 1 heterocycles. The summed E-state index contributed by atoms with van der Waals surface area (Å²) < 4.78 is 11.2. The van der Waals surface area contributed by atoms with Gasteiger partial charge in [0.25, 0.3) is 0 Å². The fourth-order valence-corrected chi connectivity index (χ4v) is 3.44. The Morgan fingerprint density at radius 1 is 1.29 bits per heavy atom. The summed E-state index contributed by atoms with van der Waals surface area (Å²) in [5.41, 5.74) is 1.13. The number of rotatable bonds is 8. The molecule has 1 N–H and O–H groups in total. The van der Waals surface area contributed by atoms with Gasteiger partial charge in [0.2, 0.25) is 0 Å². The van der Waals surface area contributed by atoms with E-state index in [-0.39, 0.29) is 6.61 Å². The van der Waals surface area contributed by atoms with Gasteiger partial charge in [0, 0.05) is 18.6 Å². The van der Waals surface area contributed by atoms with Gasteiger partial charge in [-0.1, -0.05) is 18.6 Å². The minimum absolute atomic E-state index is 0.271. The molecule has 0 amide bonds. The molecule has 134 valence electrons. The van der Waals surface area contributed by atoms with E-state index in [0.29, 0.717) is 30.1 Å². The molecule has 0 radical (unpaired) electrons.